The smallest absolute Gasteiger partial charge is 0.269 e. The van der Waals surface area contributed by atoms with Gasteiger partial charge < -0.3 is 0 Å². The summed E-state index contributed by atoms with van der Waals surface area (Å²) in [5, 5.41) is 12.6. The number of carbonyl (C=O) groups excluding carboxylic acids is 1. The number of nitrogens with one attached hydrogen (secondary N) is 1. The summed E-state index contributed by atoms with van der Waals surface area (Å²) in [6.07, 6.45) is 0.0392. The van der Waals surface area contributed by atoms with Crippen molar-refractivity contribution < 1.29 is 9.72 Å². The van der Waals surface area contributed by atoms with E-state index in [2.05, 4.69) is 10.4 Å². The number of aryl methyl sites for hydroxylation is 1. The van der Waals surface area contributed by atoms with Crippen LogP contribution in [-0.4, -0.2) is 16.7 Å². The second-order valence-electron chi connectivity index (χ2n) is 5.43. The van der Waals surface area contributed by atoms with E-state index in [1.54, 1.807) is 12.1 Å². The van der Waals surface area contributed by atoms with Crippen LogP contribution in [0.15, 0.2) is 41.4 Å². The number of amidine groups is 1. The molecule has 1 saturated heterocycles. The maximum atomic E-state index is 12.3. The maximum Gasteiger partial charge on any atom is 0.269 e. The predicted molar refractivity (Wildman–Crippen MR) is 96.6 cm³/mol. The molecular weight excluding hydrogens is 367 g/mol. The molecule has 0 spiro atoms. The molecule has 0 aromatic heterocycles. The van der Waals surface area contributed by atoms with Crippen LogP contribution in [0.5, 0.6) is 0 Å². The second-order valence-corrected chi connectivity index (χ2v) is 6.24. The third-order valence-electron chi connectivity index (χ3n) is 3.52. The molecule has 1 amide bonds. The number of hydrazine groups is 1. The van der Waals surface area contributed by atoms with Crippen molar-refractivity contribution in [2.45, 2.75) is 13.3 Å². The lowest BCUT2D eigenvalue weighted by molar-refractivity contribution is -0.384. The Morgan fingerprint density at radius 1 is 1.20 bits per heavy atom. The number of rotatable bonds is 3. The molecule has 0 radical (unpaired) electrons. The Morgan fingerprint density at radius 2 is 1.80 bits per heavy atom. The van der Waals surface area contributed by atoms with Crippen LogP contribution in [0.2, 0.25) is 10.0 Å². The van der Waals surface area contributed by atoms with Crippen LogP contribution >= 0.6 is 23.2 Å². The summed E-state index contributed by atoms with van der Waals surface area (Å²) in [4.78, 5) is 26.8. The number of anilines is 1. The summed E-state index contributed by atoms with van der Waals surface area (Å²) in [7, 11) is 0. The first-order valence-electron chi connectivity index (χ1n) is 7.22. The fourth-order valence-corrected chi connectivity index (χ4v) is 3.17. The Morgan fingerprint density at radius 3 is 2.36 bits per heavy atom. The molecule has 1 aliphatic heterocycles. The van der Waals surface area contributed by atoms with E-state index in [1.807, 2.05) is 6.92 Å². The van der Waals surface area contributed by atoms with Gasteiger partial charge in [-0.2, -0.15) is 0 Å². The van der Waals surface area contributed by atoms with Crippen LogP contribution in [0.25, 0.3) is 0 Å². The van der Waals surface area contributed by atoms with E-state index in [-0.39, 0.29) is 18.0 Å². The zero-order valence-electron chi connectivity index (χ0n) is 13.0. The van der Waals surface area contributed by atoms with Crippen LogP contribution < -0.4 is 10.4 Å². The molecular formula is C16H12Cl2N4O3. The van der Waals surface area contributed by atoms with E-state index in [1.165, 1.54) is 29.3 Å². The molecule has 0 saturated carbocycles. The van der Waals surface area contributed by atoms with Crippen molar-refractivity contribution in [1.82, 2.24) is 5.43 Å². The lowest BCUT2D eigenvalue weighted by Gasteiger charge is -2.19. The lowest BCUT2D eigenvalue weighted by atomic mass is 10.2. The van der Waals surface area contributed by atoms with Crippen molar-refractivity contribution in [2.75, 3.05) is 5.01 Å². The number of amides is 1. The summed E-state index contributed by atoms with van der Waals surface area (Å²) in [6.45, 7) is 1.85. The maximum absolute atomic E-state index is 12.3. The average Bonchev–Trinajstić information content (AvgIpc) is 2.87. The first kappa shape index (κ1) is 17.2. The highest BCUT2D eigenvalue weighted by Crippen LogP contribution is 2.35. The molecule has 1 N–H and O–H groups in total. The normalized spacial score (nSPS) is 15.6. The van der Waals surface area contributed by atoms with Gasteiger partial charge in [-0.25, -0.2) is 10.0 Å². The van der Waals surface area contributed by atoms with Gasteiger partial charge in [-0.05, 0) is 36.8 Å². The van der Waals surface area contributed by atoms with E-state index < -0.39 is 4.92 Å². The fourth-order valence-electron chi connectivity index (χ4n) is 2.41. The van der Waals surface area contributed by atoms with Crippen LogP contribution in [-0.2, 0) is 4.79 Å². The number of nitro benzene ring substituents is 1. The van der Waals surface area contributed by atoms with Gasteiger partial charge in [0.25, 0.3) is 11.6 Å². The van der Waals surface area contributed by atoms with E-state index in [0.717, 1.165) is 5.56 Å². The first-order valence-corrected chi connectivity index (χ1v) is 7.98. The zero-order valence-corrected chi connectivity index (χ0v) is 14.5. The van der Waals surface area contributed by atoms with Crippen molar-refractivity contribution in [3.63, 3.8) is 0 Å². The Kier molecular flexibility index (Phi) is 4.61. The van der Waals surface area contributed by atoms with E-state index in [9.17, 15) is 14.9 Å². The molecule has 1 fully saturated rings. The van der Waals surface area contributed by atoms with Gasteiger partial charge in [-0.3, -0.25) is 20.3 Å². The molecule has 0 bridgehead atoms. The van der Waals surface area contributed by atoms with Gasteiger partial charge in [0.2, 0.25) is 0 Å². The monoisotopic (exact) mass is 378 g/mol. The molecule has 0 aliphatic carbocycles. The number of nitro groups is 1. The van der Waals surface area contributed by atoms with Crippen LogP contribution in [0.1, 0.15) is 12.0 Å². The van der Waals surface area contributed by atoms with Gasteiger partial charge in [-0.1, -0.05) is 23.2 Å². The first-order chi connectivity index (χ1) is 11.8. The van der Waals surface area contributed by atoms with E-state index >= 15 is 0 Å². The van der Waals surface area contributed by atoms with E-state index in [4.69, 9.17) is 23.2 Å². The standard InChI is InChI=1S/C16H12Cl2N4O3/c1-9-6-12(17)16(13(18)7-9)21-15(23)8-14(20-21)19-10-2-4-11(5-3-10)22(24)25/h2-7H,8H2,1H3,(H,19,20). The van der Waals surface area contributed by atoms with Crippen LogP contribution in [0, 0.1) is 17.0 Å². The highest BCUT2D eigenvalue weighted by atomic mass is 35.5. The molecule has 9 heteroatoms. The number of carbonyl (C=O) groups is 1. The number of aliphatic imine (C=N–C) groups is 1. The molecule has 0 unspecified atom stereocenters. The molecule has 25 heavy (non-hydrogen) atoms. The molecule has 128 valence electrons. The molecule has 7 nitrogen and oxygen atoms in total. The van der Waals surface area contributed by atoms with E-state index in [0.29, 0.717) is 27.3 Å². The van der Waals surface area contributed by atoms with Crippen molar-refractivity contribution in [1.29, 1.82) is 0 Å². The zero-order chi connectivity index (χ0) is 18.1. The Bertz CT molecular complexity index is 874. The second kappa shape index (κ2) is 6.70. The minimum absolute atomic E-state index is 0.0285. The molecule has 2 aromatic rings. The van der Waals surface area contributed by atoms with Crippen LogP contribution in [0.3, 0.4) is 0 Å². The molecule has 0 atom stereocenters. The highest BCUT2D eigenvalue weighted by Gasteiger charge is 2.30. The van der Waals surface area contributed by atoms with Crippen molar-refractivity contribution >= 4 is 52.0 Å². The van der Waals surface area contributed by atoms with Crippen molar-refractivity contribution in [3.05, 3.63) is 62.1 Å². The number of nitrogens with zero attached hydrogens (tertiary/aromatic N) is 3. The molecule has 1 heterocycles. The molecule has 3 rings (SSSR count). The summed E-state index contributed by atoms with van der Waals surface area (Å²) < 4.78 is 0. The van der Waals surface area contributed by atoms with Gasteiger partial charge in [0, 0.05) is 12.1 Å². The Labute approximate surface area is 153 Å². The quantitative estimate of drug-likeness (QED) is 0.640. The van der Waals surface area contributed by atoms with Crippen LogP contribution in [0.4, 0.5) is 17.1 Å². The van der Waals surface area contributed by atoms with Gasteiger partial charge in [-0.15, -0.1) is 0 Å². The number of non-ortho nitro benzene ring substituents is 1. The number of halogens is 2. The lowest BCUT2D eigenvalue weighted by Crippen LogP contribution is -2.36. The topological polar surface area (TPSA) is 87.8 Å². The number of hydrogen-bond acceptors (Lipinski definition) is 4. The fraction of sp³-hybridized carbons (Fsp3) is 0.125. The molecule has 2 aromatic carbocycles. The minimum Gasteiger partial charge on any atom is -0.277 e. The van der Waals surface area contributed by atoms with Gasteiger partial charge in [0.05, 0.1) is 27.1 Å². The van der Waals surface area contributed by atoms with Crippen molar-refractivity contribution in [3.8, 4) is 0 Å². The van der Waals surface area contributed by atoms with Crippen molar-refractivity contribution in [2.24, 2.45) is 4.99 Å². The highest BCUT2D eigenvalue weighted by molar-refractivity contribution is 6.40. The summed E-state index contributed by atoms with van der Waals surface area (Å²) in [5.74, 6) is 0.139. The summed E-state index contributed by atoms with van der Waals surface area (Å²) in [6, 6.07) is 9.13. The number of benzene rings is 2. The van der Waals surface area contributed by atoms with Gasteiger partial charge in [0.15, 0.2) is 0 Å². The Hall–Kier alpha value is -2.64. The predicted octanol–water partition coefficient (Wildman–Crippen LogP) is 4.18. The molecule has 1 aliphatic rings. The van der Waals surface area contributed by atoms with Gasteiger partial charge in [0.1, 0.15) is 11.5 Å². The third-order valence-corrected chi connectivity index (χ3v) is 4.09. The largest absolute Gasteiger partial charge is 0.277 e. The average molecular weight is 379 g/mol. The summed E-state index contributed by atoms with van der Waals surface area (Å²) >= 11 is 12.4. The number of hydrogen-bond donors (Lipinski definition) is 1. The SMILES string of the molecule is Cc1cc(Cl)c(N2NC(=Nc3ccc([N+](=O)[O-])cc3)CC2=O)c(Cl)c1. The minimum atomic E-state index is -0.489. The van der Waals surface area contributed by atoms with Gasteiger partial charge >= 0.3 is 0 Å². The third kappa shape index (κ3) is 3.57. The summed E-state index contributed by atoms with van der Waals surface area (Å²) in [5.41, 5.74) is 4.58. The Balaban J connectivity index is 1.86.